The van der Waals surface area contributed by atoms with Crippen molar-refractivity contribution in [3.8, 4) is 0 Å². The molecule has 0 spiro atoms. The highest BCUT2D eigenvalue weighted by atomic mass is 16.2. The lowest BCUT2D eigenvalue weighted by molar-refractivity contribution is -0.162. The summed E-state index contributed by atoms with van der Waals surface area (Å²) in [7, 11) is 2.23. The Morgan fingerprint density at radius 3 is 2.69 bits per heavy atom. The van der Waals surface area contributed by atoms with E-state index in [4.69, 9.17) is 0 Å². The van der Waals surface area contributed by atoms with Gasteiger partial charge < -0.3 is 4.90 Å². The summed E-state index contributed by atoms with van der Waals surface area (Å²) in [4.78, 5) is 17.1. The van der Waals surface area contributed by atoms with Crippen molar-refractivity contribution < 1.29 is 4.79 Å². The van der Waals surface area contributed by atoms with Crippen molar-refractivity contribution in [1.82, 2.24) is 9.80 Å². The van der Waals surface area contributed by atoms with Crippen molar-refractivity contribution in [2.45, 2.75) is 57.2 Å². The first-order valence-corrected chi connectivity index (χ1v) is 6.81. The Kier molecular flexibility index (Phi) is 2.66. The summed E-state index contributed by atoms with van der Waals surface area (Å²) >= 11 is 0. The standard InChI is InChI=1S/C13H22N2O/c1-14-11-7-3-2-6-10(11)13(16)15-9-5-4-8-12(14)15/h10-12H,2-9H2,1H3/t10-,11-,12-/m0/s1. The fourth-order valence-electron chi connectivity index (χ4n) is 3.92. The van der Waals surface area contributed by atoms with Gasteiger partial charge in [0.2, 0.25) is 5.91 Å². The molecule has 0 radical (unpaired) electrons. The number of rotatable bonds is 0. The molecule has 0 aromatic carbocycles. The summed E-state index contributed by atoms with van der Waals surface area (Å²) < 4.78 is 0. The molecule has 3 heteroatoms. The molecule has 3 aliphatic rings. The zero-order valence-electron chi connectivity index (χ0n) is 10.2. The molecule has 1 amide bonds. The van der Waals surface area contributed by atoms with E-state index in [-0.39, 0.29) is 0 Å². The van der Waals surface area contributed by atoms with Gasteiger partial charge in [-0.25, -0.2) is 0 Å². The van der Waals surface area contributed by atoms with Crippen LogP contribution in [0, 0.1) is 5.92 Å². The second-order valence-electron chi connectivity index (χ2n) is 5.63. The average Bonchev–Trinajstić information content (AvgIpc) is 2.36. The monoisotopic (exact) mass is 222 g/mol. The van der Waals surface area contributed by atoms with Crippen LogP contribution in [0.3, 0.4) is 0 Å². The minimum atomic E-state index is 0.313. The molecule has 1 aliphatic carbocycles. The van der Waals surface area contributed by atoms with Gasteiger partial charge in [-0.15, -0.1) is 0 Å². The average molecular weight is 222 g/mol. The molecule has 2 aliphatic heterocycles. The first kappa shape index (κ1) is 10.6. The Hall–Kier alpha value is -0.570. The SMILES string of the molecule is CN1[C@@H]2CCCCN2C(=O)[C@H]2CCCC[C@@H]21. The van der Waals surface area contributed by atoms with Gasteiger partial charge in [-0.05, 0) is 39.2 Å². The molecule has 90 valence electrons. The molecule has 0 aromatic rings. The van der Waals surface area contributed by atoms with Gasteiger partial charge in [-0.1, -0.05) is 12.8 Å². The van der Waals surface area contributed by atoms with E-state index in [0.29, 0.717) is 24.0 Å². The fourth-order valence-corrected chi connectivity index (χ4v) is 3.92. The number of hydrogen-bond acceptors (Lipinski definition) is 2. The third kappa shape index (κ3) is 1.48. The Bertz CT molecular complexity index is 266. The molecule has 3 fully saturated rings. The van der Waals surface area contributed by atoms with Crippen LogP contribution >= 0.6 is 0 Å². The minimum Gasteiger partial charge on any atom is -0.327 e. The number of hydrogen-bond donors (Lipinski definition) is 0. The molecule has 1 saturated carbocycles. The van der Waals surface area contributed by atoms with Crippen molar-refractivity contribution in [2.75, 3.05) is 13.6 Å². The summed E-state index contributed by atoms with van der Waals surface area (Å²) in [5.41, 5.74) is 0. The zero-order valence-corrected chi connectivity index (χ0v) is 10.2. The quantitative estimate of drug-likeness (QED) is 0.624. The predicted octanol–water partition coefficient (Wildman–Crippen LogP) is 1.83. The molecule has 3 atom stereocenters. The highest BCUT2D eigenvalue weighted by Crippen LogP contribution is 2.37. The number of fused-ring (bicyclic) bond motifs is 2. The Morgan fingerprint density at radius 1 is 1.06 bits per heavy atom. The lowest BCUT2D eigenvalue weighted by Gasteiger charge is -2.53. The summed E-state index contributed by atoms with van der Waals surface area (Å²) in [5, 5.41) is 0. The van der Waals surface area contributed by atoms with E-state index < -0.39 is 0 Å². The lowest BCUT2D eigenvalue weighted by atomic mass is 9.79. The second kappa shape index (κ2) is 4.02. The molecule has 2 saturated heterocycles. The van der Waals surface area contributed by atoms with E-state index in [0.717, 1.165) is 13.0 Å². The van der Waals surface area contributed by atoms with Gasteiger partial charge in [0.1, 0.15) is 0 Å². The van der Waals surface area contributed by atoms with Crippen molar-refractivity contribution in [3.63, 3.8) is 0 Å². The van der Waals surface area contributed by atoms with Crippen LogP contribution in [-0.2, 0) is 4.79 Å². The van der Waals surface area contributed by atoms with Crippen LogP contribution in [0.4, 0.5) is 0 Å². The van der Waals surface area contributed by atoms with Crippen LogP contribution in [0.25, 0.3) is 0 Å². The van der Waals surface area contributed by atoms with Gasteiger partial charge in [-0.2, -0.15) is 0 Å². The number of piperidine rings is 1. The number of carbonyl (C=O) groups excluding carboxylic acids is 1. The zero-order chi connectivity index (χ0) is 11.1. The highest BCUT2D eigenvalue weighted by Gasteiger charge is 2.46. The molecule has 16 heavy (non-hydrogen) atoms. The molecule has 0 unspecified atom stereocenters. The maximum absolute atomic E-state index is 12.4. The van der Waals surface area contributed by atoms with E-state index in [2.05, 4.69) is 16.8 Å². The number of amides is 1. The van der Waals surface area contributed by atoms with Crippen LogP contribution in [0.1, 0.15) is 44.9 Å². The number of carbonyl (C=O) groups is 1. The van der Waals surface area contributed by atoms with E-state index in [1.54, 1.807) is 0 Å². The van der Waals surface area contributed by atoms with E-state index in [1.165, 1.54) is 38.5 Å². The number of nitrogens with zero attached hydrogens (tertiary/aromatic N) is 2. The fraction of sp³-hybridized carbons (Fsp3) is 0.923. The molecule has 0 aromatic heterocycles. The smallest absolute Gasteiger partial charge is 0.228 e. The van der Waals surface area contributed by atoms with Crippen LogP contribution in [0.15, 0.2) is 0 Å². The third-order valence-corrected chi connectivity index (χ3v) is 4.79. The van der Waals surface area contributed by atoms with Gasteiger partial charge in [0.15, 0.2) is 0 Å². The first-order valence-electron chi connectivity index (χ1n) is 6.81. The van der Waals surface area contributed by atoms with Crippen LogP contribution < -0.4 is 0 Å². The maximum atomic E-state index is 12.4. The van der Waals surface area contributed by atoms with Crippen molar-refractivity contribution in [1.29, 1.82) is 0 Å². The molecule has 3 rings (SSSR count). The molecule has 0 bridgehead atoms. The van der Waals surface area contributed by atoms with E-state index in [9.17, 15) is 4.79 Å². The topological polar surface area (TPSA) is 23.6 Å². The van der Waals surface area contributed by atoms with Crippen LogP contribution in [0.2, 0.25) is 0 Å². The lowest BCUT2D eigenvalue weighted by Crippen LogP contribution is -2.65. The molecule has 2 heterocycles. The Labute approximate surface area is 97.8 Å². The van der Waals surface area contributed by atoms with Gasteiger partial charge in [-0.3, -0.25) is 9.69 Å². The largest absolute Gasteiger partial charge is 0.327 e. The van der Waals surface area contributed by atoms with Crippen molar-refractivity contribution >= 4 is 5.91 Å². The van der Waals surface area contributed by atoms with Crippen LogP contribution in [-0.4, -0.2) is 41.5 Å². The minimum absolute atomic E-state index is 0.313. The Balaban J connectivity index is 1.86. The molecular weight excluding hydrogens is 200 g/mol. The van der Waals surface area contributed by atoms with Gasteiger partial charge in [0, 0.05) is 12.6 Å². The third-order valence-electron chi connectivity index (χ3n) is 4.79. The summed E-state index contributed by atoms with van der Waals surface area (Å²) in [6.45, 7) is 0.997. The van der Waals surface area contributed by atoms with Crippen molar-refractivity contribution in [2.24, 2.45) is 5.92 Å². The van der Waals surface area contributed by atoms with E-state index in [1.807, 2.05) is 0 Å². The molecule has 0 N–H and O–H groups in total. The van der Waals surface area contributed by atoms with Gasteiger partial charge in [0.05, 0.1) is 12.1 Å². The van der Waals surface area contributed by atoms with Crippen molar-refractivity contribution in [3.05, 3.63) is 0 Å². The Morgan fingerprint density at radius 2 is 1.81 bits per heavy atom. The molecule has 3 nitrogen and oxygen atoms in total. The normalized spacial score (nSPS) is 40.4. The summed E-state index contributed by atoms with van der Waals surface area (Å²) in [5.74, 6) is 0.778. The second-order valence-corrected chi connectivity index (χ2v) is 5.63. The van der Waals surface area contributed by atoms with Crippen LogP contribution in [0.5, 0.6) is 0 Å². The summed E-state index contributed by atoms with van der Waals surface area (Å²) in [6.07, 6.45) is 9.01. The van der Waals surface area contributed by atoms with Gasteiger partial charge >= 0.3 is 0 Å². The van der Waals surface area contributed by atoms with Gasteiger partial charge in [0.25, 0.3) is 0 Å². The van der Waals surface area contributed by atoms with E-state index >= 15 is 0 Å². The summed E-state index contributed by atoms with van der Waals surface area (Å²) in [6, 6.07) is 0.542. The highest BCUT2D eigenvalue weighted by molar-refractivity contribution is 5.81. The molecular formula is C13H22N2O. The first-order chi connectivity index (χ1) is 7.79. The maximum Gasteiger partial charge on any atom is 0.228 e. The predicted molar refractivity (Wildman–Crippen MR) is 62.9 cm³/mol.